The molecule has 0 saturated carbocycles. The van der Waals surface area contributed by atoms with Crippen molar-refractivity contribution in [2.45, 2.75) is 25.7 Å². The van der Waals surface area contributed by atoms with Gasteiger partial charge in [-0.25, -0.2) is 8.42 Å². The van der Waals surface area contributed by atoms with Gasteiger partial charge in [0.2, 0.25) is 10.0 Å². The summed E-state index contributed by atoms with van der Waals surface area (Å²) in [6.45, 7) is 6.13. The summed E-state index contributed by atoms with van der Waals surface area (Å²) in [6, 6.07) is 16.8. The molecule has 9 heteroatoms. The minimum atomic E-state index is -3.83. The Kier molecular flexibility index (Phi) is 7.67. The van der Waals surface area contributed by atoms with Crippen LogP contribution in [0.4, 0.5) is 5.69 Å². The van der Waals surface area contributed by atoms with E-state index in [2.05, 4.69) is 10.3 Å². The van der Waals surface area contributed by atoms with E-state index in [1.807, 2.05) is 30.3 Å². The van der Waals surface area contributed by atoms with Gasteiger partial charge in [-0.05, 0) is 42.8 Å². The van der Waals surface area contributed by atoms with Crippen molar-refractivity contribution in [3.8, 4) is 17.0 Å². The molecule has 0 unspecified atom stereocenters. The van der Waals surface area contributed by atoms with Crippen LogP contribution in [-0.2, 0) is 10.0 Å². The molecule has 2 aromatic carbocycles. The lowest BCUT2D eigenvalue weighted by atomic mass is 10.1. The van der Waals surface area contributed by atoms with Gasteiger partial charge in [-0.3, -0.25) is 9.59 Å². The number of carbonyl (C=O) groups excluding carboxylic acids is 1. The van der Waals surface area contributed by atoms with Gasteiger partial charge in [0.05, 0.1) is 6.61 Å². The van der Waals surface area contributed by atoms with Crippen LogP contribution < -0.4 is 15.6 Å². The number of ether oxygens (including phenoxy) is 1. The van der Waals surface area contributed by atoms with Gasteiger partial charge >= 0.3 is 0 Å². The minimum Gasteiger partial charge on any atom is -0.492 e. The number of rotatable bonds is 9. The van der Waals surface area contributed by atoms with Crippen LogP contribution in [0.2, 0.25) is 0 Å². The van der Waals surface area contributed by atoms with Gasteiger partial charge < -0.3 is 15.0 Å². The molecule has 1 aromatic heterocycles. The van der Waals surface area contributed by atoms with Crippen LogP contribution in [0.5, 0.6) is 5.75 Å². The lowest BCUT2D eigenvalue weighted by Gasteiger charge is -2.21. The van der Waals surface area contributed by atoms with E-state index >= 15 is 0 Å². The van der Waals surface area contributed by atoms with Gasteiger partial charge in [-0.15, -0.1) is 0 Å². The van der Waals surface area contributed by atoms with Crippen LogP contribution in [0.25, 0.3) is 11.3 Å². The van der Waals surface area contributed by atoms with E-state index in [4.69, 9.17) is 4.74 Å². The quantitative estimate of drug-likeness (QED) is 0.496. The zero-order chi connectivity index (χ0) is 24.0. The number of aromatic nitrogens is 1. The molecule has 174 valence electrons. The molecule has 8 nitrogen and oxygen atoms in total. The zero-order valence-corrected chi connectivity index (χ0v) is 19.6. The molecule has 0 radical (unpaired) electrons. The number of carbonyl (C=O) groups is 1. The van der Waals surface area contributed by atoms with E-state index in [9.17, 15) is 18.0 Å². The second-order valence-corrected chi connectivity index (χ2v) is 9.03. The van der Waals surface area contributed by atoms with Crippen LogP contribution in [0.1, 0.15) is 31.1 Å². The number of nitrogens with one attached hydrogen (secondary N) is 2. The third-order valence-electron chi connectivity index (χ3n) is 5.06. The van der Waals surface area contributed by atoms with Crippen molar-refractivity contribution < 1.29 is 17.9 Å². The minimum absolute atomic E-state index is 0.0424. The average molecular weight is 470 g/mol. The number of H-pyrrole nitrogens is 1. The standard InChI is InChI=1S/C24H27N3O5S/c1-4-27(5-2)33(30,31)22-16-18(12-15-21(22)32-6-3)25-23(28)19-13-14-20(26-24(19)29)17-10-8-7-9-11-17/h7-16H,4-6H2,1-3H3,(H,25,28)(H,26,29). The number of pyridine rings is 1. The first-order valence-electron chi connectivity index (χ1n) is 10.7. The van der Waals surface area contributed by atoms with Gasteiger partial charge in [-0.1, -0.05) is 44.2 Å². The summed E-state index contributed by atoms with van der Waals surface area (Å²) in [6.07, 6.45) is 0. The van der Waals surface area contributed by atoms with Gasteiger partial charge in [0.25, 0.3) is 11.5 Å². The molecule has 3 rings (SSSR count). The van der Waals surface area contributed by atoms with E-state index in [0.717, 1.165) is 5.56 Å². The zero-order valence-electron chi connectivity index (χ0n) is 18.8. The topological polar surface area (TPSA) is 109 Å². The van der Waals surface area contributed by atoms with E-state index in [1.165, 1.54) is 28.6 Å². The number of hydrogen-bond acceptors (Lipinski definition) is 5. The van der Waals surface area contributed by atoms with E-state index in [0.29, 0.717) is 18.8 Å². The maximum atomic E-state index is 13.1. The molecular formula is C24H27N3O5S. The second kappa shape index (κ2) is 10.5. The Hall–Kier alpha value is -3.43. The predicted molar refractivity (Wildman–Crippen MR) is 128 cm³/mol. The molecule has 3 aromatic rings. The summed E-state index contributed by atoms with van der Waals surface area (Å²) in [5, 5.41) is 2.62. The summed E-state index contributed by atoms with van der Waals surface area (Å²) in [7, 11) is -3.83. The Morgan fingerprint density at radius 2 is 1.70 bits per heavy atom. The molecule has 0 atom stereocenters. The Morgan fingerprint density at radius 3 is 2.30 bits per heavy atom. The number of nitrogens with zero attached hydrogens (tertiary/aromatic N) is 1. The molecule has 0 spiro atoms. The van der Waals surface area contributed by atoms with Crippen molar-refractivity contribution >= 4 is 21.6 Å². The highest BCUT2D eigenvalue weighted by molar-refractivity contribution is 7.89. The summed E-state index contributed by atoms with van der Waals surface area (Å²) in [5.41, 5.74) is 1.01. The fraction of sp³-hybridized carbons (Fsp3) is 0.250. The van der Waals surface area contributed by atoms with E-state index in [-0.39, 0.29) is 28.5 Å². The largest absolute Gasteiger partial charge is 0.492 e. The van der Waals surface area contributed by atoms with Crippen LogP contribution >= 0.6 is 0 Å². The second-order valence-electron chi connectivity index (χ2n) is 7.12. The number of amides is 1. The van der Waals surface area contributed by atoms with Crippen LogP contribution in [0, 0.1) is 0 Å². The van der Waals surface area contributed by atoms with E-state index in [1.54, 1.807) is 26.8 Å². The van der Waals surface area contributed by atoms with Crippen molar-refractivity contribution in [3.05, 3.63) is 76.6 Å². The third kappa shape index (κ3) is 5.32. The highest BCUT2D eigenvalue weighted by atomic mass is 32.2. The molecule has 33 heavy (non-hydrogen) atoms. The molecule has 1 heterocycles. The summed E-state index contributed by atoms with van der Waals surface area (Å²) >= 11 is 0. The van der Waals surface area contributed by atoms with Crippen molar-refractivity contribution in [1.82, 2.24) is 9.29 Å². The fourth-order valence-corrected chi connectivity index (χ4v) is 5.02. The molecular weight excluding hydrogens is 442 g/mol. The van der Waals surface area contributed by atoms with Crippen molar-refractivity contribution in [2.75, 3.05) is 25.0 Å². The van der Waals surface area contributed by atoms with Crippen molar-refractivity contribution in [2.24, 2.45) is 0 Å². The summed E-state index contributed by atoms with van der Waals surface area (Å²) in [5.74, 6) is -0.446. The predicted octanol–water partition coefficient (Wildman–Crippen LogP) is 3.72. The molecule has 0 bridgehead atoms. The number of sulfonamides is 1. The molecule has 0 aliphatic heterocycles. The Labute approximate surface area is 193 Å². The maximum absolute atomic E-state index is 13.1. The number of anilines is 1. The molecule has 2 N–H and O–H groups in total. The number of aromatic amines is 1. The highest BCUT2D eigenvalue weighted by Gasteiger charge is 2.26. The first-order valence-corrected chi connectivity index (χ1v) is 12.1. The van der Waals surface area contributed by atoms with Gasteiger partial charge in [0.15, 0.2) is 0 Å². The molecule has 0 aliphatic rings. The lowest BCUT2D eigenvalue weighted by Crippen LogP contribution is -2.31. The monoisotopic (exact) mass is 469 g/mol. The first kappa shape index (κ1) is 24.2. The Bertz CT molecular complexity index is 1280. The Balaban J connectivity index is 1.92. The Morgan fingerprint density at radius 1 is 1.00 bits per heavy atom. The fourth-order valence-electron chi connectivity index (χ4n) is 3.40. The third-order valence-corrected chi connectivity index (χ3v) is 7.13. The summed E-state index contributed by atoms with van der Waals surface area (Å²) in [4.78, 5) is 28.0. The normalized spacial score (nSPS) is 11.4. The van der Waals surface area contributed by atoms with Crippen LogP contribution in [0.3, 0.4) is 0 Å². The molecule has 1 amide bonds. The van der Waals surface area contributed by atoms with Crippen molar-refractivity contribution in [3.63, 3.8) is 0 Å². The highest BCUT2D eigenvalue weighted by Crippen LogP contribution is 2.30. The smallest absolute Gasteiger partial charge is 0.261 e. The lowest BCUT2D eigenvalue weighted by molar-refractivity contribution is 0.102. The van der Waals surface area contributed by atoms with Crippen LogP contribution in [0.15, 0.2) is 70.4 Å². The molecule has 0 aliphatic carbocycles. The number of benzene rings is 2. The molecule has 0 fully saturated rings. The van der Waals surface area contributed by atoms with Gasteiger partial charge in [0, 0.05) is 24.5 Å². The SMILES string of the molecule is CCOc1ccc(NC(=O)c2ccc(-c3ccccc3)[nH]c2=O)cc1S(=O)(=O)N(CC)CC. The first-order chi connectivity index (χ1) is 15.8. The maximum Gasteiger partial charge on any atom is 0.261 e. The van der Waals surface area contributed by atoms with Gasteiger partial charge in [0.1, 0.15) is 16.2 Å². The van der Waals surface area contributed by atoms with E-state index < -0.39 is 21.5 Å². The van der Waals surface area contributed by atoms with Gasteiger partial charge in [-0.2, -0.15) is 4.31 Å². The average Bonchev–Trinajstić information content (AvgIpc) is 2.81. The van der Waals surface area contributed by atoms with Crippen LogP contribution in [-0.4, -0.2) is 43.3 Å². The summed E-state index contributed by atoms with van der Waals surface area (Å²) < 4.78 is 33.0. The number of hydrogen-bond donors (Lipinski definition) is 2. The molecule has 0 saturated heterocycles. The van der Waals surface area contributed by atoms with Crippen molar-refractivity contribution in [1.29, 1.82) is 0 Å².